The minimum Gasteiger partial charge on any atom is -0.377 e. The Morgan fingerprint density at radius 3 is 2.25 bits per heavy atom. The first kappa shape index (κ1) is 13.5. The van der Waals surface area contributed by atoms with Crippen molar-refractivity contribution < 1.29 is 14.6 Å². The first-order valence-corrected chi connectivity index (χ1v) is 7.15. The third-order valence-corrected chi connectivity index (χ3v) is 4.85. The van der Waals surface area contributed by atoms with Gasteiger partial charge < -0.3 is 14.6 Å². The van der Waals surface area contributed by atoms with Crippen LogP contribution < -0.4 is 0 Å². The summed E-state index contributed by atoms with van der Waals surface area (Å²) in [5.41, 5.74) is -1.11. The van der Waals surface area contributed by atoms with Gasteiger partial charge in [0.25, 0.3) is 0 Å². The summed E-state index contributed by atoms with van der Waals surface area (Å²) in [6.45, 7) is 0. The Balaban J connectivity index is 2.00. The van der Waals surface area contributed by atoms with Gasteiger partial charge in [0.1, 0.15) is 5.60 Å². The van der Waals surface area contributed by atoms with Crippen LogP contribution >= 0.6 is 11.3 Å². The molecule has 0 fully saturated rings. The summed E-state index contributed by atoms with van der Waals surface area (Å²) < 4.78 is 11.8. The summed E-state index contributed by atoms with van der Waals surface area (Å²) in [7, 11) is 3.14. The fourth-order valence-corrected chi connectivity index (χ4v) is 3.41. The molecular formula is C16H16O3S. The number of fused-ring (bicyclic) bond motifs is 1. The van der Waals surface area contributed by atoms with Crippen molar-refractivity contribution in [2.45, 2.75) is 11.4 Å². The van der Waals surface area contributed by atoms with E-state index in [-0.39, 0.29) is 0 Å². The number of hydrogen-bond donors (Lipinski definition) is 1. The van der Waals surface area contributed by atoms with Gasteiger partial charge in [-0.25, -0.2) is 0 Å². The maximum atomic E-state index is 10.8. The van der Waals surface area contributed by atoms with Crippen molar-refractivity contribution in [3.8, 4) is 0 Å². The molecule has 2 aromatic rings. The molecule has 4 heteroatoms. The van der Waals surface area contributed by atoms with Crippen LogP contribution in [0.5, 0.6) is 0 Å². The van der Waals surface area contributed by atoms with Gasteiger partial charge in [0.05, 0.1) is 0 Å². The molecule has 0 spiro atoms. The lowest BCUT2D eigenvalue weighted by atomic mass is 9.93. The van der Waals surface area contributed by atoms with Gasteiger partial charge in [-0.05, 0) is 41.8 Å². The molecular weight excluding hydrogens is 272 g/mol. The Kier molecular flexibility index (Phi) is 3.26. The average Bonchev–Trinajstić information content (AvgIpc) is 2.93. The number of thiophene rings is 1. The molecule has 0 atom stereocenters. The third-order valence-electron chi connectivity index (χ3n) is 3.60. The van der Waals surface area contributed by atoms with Crippen molar-refractivity contribution in [2.24, 2.45) is 0 Å². The van der Waals surface area contributed by atoms with E-state index in [0.717, 1.165) is 15.0 Å². The highest BCUT2D eigenvalue weighted by Crippen LogP contribution is 2.38. The summed E-state index contributed by atoms with van der Waals surface area (Å²) in [4.78, 5) is 0.881. The monoisotopic (exact) mass is 288 g/mol. The Labute approximate surface area is 121 Å². The quantitative estimate of drug-likeness (QED) is 0.696. The van der Waals surface area contributed by atoms with Crippen LogP contribution in [0.15, 0.2) is 54.6 Å². The highest BCUT2D eigenvalue weighted by molar-refractivity contribution is 7.19. The number of ether oxygens (including phenoxy) is 2. The van der Waals surface area contributed by atoms with Crippen molar-refractivity contribution >= 4 is 21.4 Å². The van der Waals surface area contributed by atoms with Gasteiger partial charge in [0, 0.05) is 23.8 Å². The van der Waals surface area contributed by atoms with Gasteiger partial charge in [0.2, 0.25) is 5.79 Å². The minimum atomic E-state index is -1.11. The average molecular weight is 288 g/mol. The maximum Gasteiger partial charge on any atom is 0.207 e. The van der Waals surface area contributed by atoms with Crippen molar-refractivity contribution in [3.63, 3.8) is 0 Å². The zero-order valence-corrected chi connectivity index (χ0v) is 12.2. The van der Waals surface area contributed by atoms with Gasteiger partial charge in [-0.1, -0.05) is 18.2 Å². The van der Waals surface area contributed by atoms with E-state index in [9.17, 15) is 5.11 Å². The molecule has 0 unspecified atom stereocenters. The van der Waals surface area contributed by atoms with Crippen LogP contribution in [0, 0.1) is 0 Å². The molecule has 0 bridgehead atoms. The summed E-state index contributed by atoms with van der Waals surface area (Å²) in [5.74, 6) is -0.886. The lowest BCUT2D eigenvalue weighted by Gasteiger charge is -2.31. The molecule has 1 aliphatic rings. The standard InChI is InChI=1S/C16H16O3S/c1-18-16(19-2)9-7-15(17,8-10-16)14-11-12-5-3-4-6-13(12)20-14/h3-11,17H,1-2H3. The van der Waals surface area contributed by atoms with Gasteiger partial charge in [0.15, 0.2) is 0 Å². The molecule has 3 nitrogen and oxygen atoms in total. The smallest absolute Gasteiger partial charge is 0.207 e. The lowest BCUT2D eigenvalue weighted by Crippen LogP contribution is -2.34. The summed E-state index contributed by atoms with van der Waals surface area (Å²) in [6.07, 6.45) is 6.89. The predicted octanol–water partition coefficient (Wildman–Crippen LogP) is 3.20. The van der Waals surface area contributed by atoms with E-state index in [1.807, 2.05) is 24.3 Å². The minimum absolute atomic E-state index is 0.881. The van der Waals surface area contributed by atoms with E-state index in [0.29, 0.717) is 0 Å². The molecule has 0 aliphatic heterocycles. The van der Waals surface area contributed by atoms with E-state index < -0.39 is 11.4 Å². The zero-order valence-electron chi connectivity index (χ0n) is 11.4. The van der Waals surface area contributed by atoms with E-state index >= 15 is 0 Å². The zero-order chi connectivity index (χ0) is 14.2. The molecule has 1 aromatic heterocycles. The molecule has 0 radical (unpaired) electrons. The topological polar surface area (TPSA) is 38.7 Å². The van der Waals surface area contributed by atoms with Crippen LogP contribution in [0.1, 0.15) is 4.88 Å². The molecule has 0 saturated carbocycles. The molecule has 1 N–H and O–H groups in total. The van der Waals surface area contributed by atoms with Crippen LogP contribution in [0.2, 0.25) is 0 Å². The van der Waals surface area contributed by atoms with Gasteiger partial charge >= 0.3 is 0 Å². The highest BCUT2D eigenvalue weighted by Gasteiger charge is 2.34. The van der Waals surface area contributed by atoms with Crippen LogP contribution in [0.4, 0.5) is 0 Å². The third kappa shape index (κ3) is 2.11. The second kappa shape index (κ2) is 4.82. The Morgan fingerprint density at radius 2 is 1.65 bits per heavy atom. The van der Waals surface area contributed by atoms with Crippen molar-refractivity contribution in [1.29, 1.82) is 0 Å². The molecule has 104 valence electrons. The maximum absolute atomic E-state index is 10.8. The SMILES string of the molecule is COC1(OC)C=CC(O)(c2cc3ccccc3s2)C=C1. The number of benzene rings is 1. The summed E-state index contributed by atoms with van der Waals surface area (Å²) in [5, 5.41) is 11.9. The second-order valence-corrected chi connectivity index (χ2v) is 5.85. The predicted molar refractivity (Wildman–Crippen MR) is 80.8 cm³/mol. The van der Waals surface area contributed by atoms with Crippen molar-refractivity contribution in [1.82, 2.24) is 0 Å². The van der Waals surface area contributed by atoms with Crippen molar-refractivity contribution in [2.75, 3.05) is 14.2 Å². The lowest BCUT2D eigenvalue weighted by molar-refractivity contribution is -0.136. The Morgan fingerprint density at radius 1 is 1.00 bits per heavy atom. The number of hydrogen-bond acceptors (Lipinski definition) is 4. The number of rotatable bonds is 3. The van der Waals surface area contributed by atoms with Crippen LogP contribution in [-0.4, -0.2) is 25.1 Å². The number of methoxy groups -OCH3 is 2. The first-order valence-electron chi connectivity index (χ1n) is 6.33. The van der Waals surface area contributed by atoms with E-state index in [4.69, 9.17) is 9.47 Å². The molecule has 3 rings (SSSR count). The fourth-order valence-electron chi connectivity index (χ4n) is 2.30. The Hall–Kier alpha value is -1.46. The molecule has 20 heavy (non-hydrogen) atoms. The van der Waals surface area contributed by atoms with Crippen LogP contribution in [0.3, 0.4) is 0 Å². The Bertz CT molecular complexity index is 631. The summed E-state index contributed by atoms with van der Waals surface area (Å²) >= 11 is 1.58. The van der Waals surface area contributed by atoms with E-state index in [1.165, 1.54) is 0 Å². The molecule has 0 saturated heterocycles. The second-order valence-electron chi connectivity index (χ2n) is 4.77. The molecule has 0 amide bonds. The molecule has 1 aliphatic carbocycles. The highest BCUT2D eigenvalue weighted by atomic mass is 32.1. The fraction of sp³-hybridized carbons (Fsp3) is 0.250. The van der Waals surface area contributed by atoms with E-state index in [1.54, 1.807) is 49.9 Å². The van der Waals surface area contributed by atoms with Crippen LogP contribution in [-0.2, 0) is 15.1 Å². The summed E-state index contributed by atoms with van der Waals surface area (Å²) in [6, 6.07) is 10.1. The van der Waals surface area contributed by atoms with E-state index in [2.05, 4.69) is 6.07 Å². The van der Waals surface area contributed by atoms with Crippen LogP contribution in [0.25, 0.3) is 10.1 Å². The molecule has 1 heterocycles. The first-order chi connectivity index (χ1) is 9.61. The van der Waals surface area contributed by atoms with Gasteiger partial charge in [-0.15, -0.1) is 11.3 Å². The molecule has 1 aromatic carbocycles. The van der Waals surface area contributed by atoms with Gasteiger partial charge in [-0.3, -0.25) is 0 Å². The largest absolute Gasteiger partial charge is 0.377 e. The van der Waals surface area contributed by atoms with Crippen molar-refractivity contribution in [3.05, 3.63) is 59.5 Å². The normalized spacial score (nSPS) is 19.6. The number of aliphatic hydroxyl groups is 1. The van der Waals surface area contributed by atoms with Gasteiger partial charge in [-0.2, -0.15) is 0 Å².